The van der Waals surface area contributed by atoms with Gasteiger partial charge in [0.25, 0.3) is 0 Å². The van der Waals surface area contributed by atoms with Crippen LogP contribution in [0.5, 0.6) is 0 Å². The highest BCUT2D eigenvalue weighted by Gasteiger charge is 2.05. The van der Waals surface area contributed by atoms with Crippen molar-refractivity contribution in [2.45, 2.75) is 6.54 Å². The zero-order valence-electron chi connectivity index (χ0n) is 6.36. The molecule has 1 aromatic carbocycles. The van der Waals surface area contributed by atoms with Crippen molar-refractivity contribution < 1.29 is 9.90 Å². The molecule has 1 aromatic rings. The maximum absolute atomic E-state index is 10.5. The summed E-state index contributed by atoms with van der Waals surface area (Å²) in [4.78, 5) is 10.5. The van der Waals surface area contributed by atoms with E-state index in [1.165, 1.54) is 0 Å². The molecule has 1 rings (SSSR count). The van der Waals surface area contributed by atoms with Crippen LogP contribution in [-0.2, 0) is 6.54 Å². The summed E-state index contributed by atoms with van der Waals surface area (Å²) >= 11 is 0. The second-order valence-electron chi connectivity index (χ2n) is 2.17. The number of nitrogens with two attached hydrogens (primary N) is 1. The Hall–Kier alpha value is -1.06. The average molecular weight is 188 g/mol. The van der Waals surface area contributed by atoms with Gasteiger partial charge in [0, 0.05) is 6.54 Å². The molecule has 0 amide bonds. The lowest BCUT2D eigenvalue weighted by molar-refractivity contribution is 0.0695. The molecule has 0 fully saturated rings. The van der Waals surface area contributed by atoms with Crippen molar-refractivity contribution in [2.75, 3.05) is 0 Å². The number of carboxylic acids is 1. The van der Waals surface area contributed by atoms with E-state index in [9.17, 15) is 4.79 Å². The van der Waals surface area contributed by atoms with Crippen molar-refractivity contribution >= 4 is 18.4 Å². The summed E-state index contributed by atoms with van der Waals surface area (Å²) in [6, 6.07) is 6.71. The second-order valence-corrected chi connectivity index (χ2v) is 2.17. The number of aromatic carboxylic acids is 1. The SMILES string of the molecule is Cl.NCc1ccccc1C(=O)O. The summed E-state index contributed by atoms with van der Waals surface area (Å²) in [7, 11) is 0. The third-order valence-corrected chi connectivity index (χ3v) is 1.47. The monoisotopic (exact) mass is 187 g/mol. The summed E-state index contributed by atoms with van der Waals surface area (Å²) in [5.41, 5.74) is 6.28. The van der Waals surface area contributed by atoms with Gasteiger partial charge in [-0.15, -0.1) is 12.4 Å². The third-order valence-electron chi connectivity index (χ3n) is 1.47. The van der Waals surface area contributed by atoms with Crippen LogP contribution in [0.3, 0.4) is 0 Å². The summed E-state index contributed by atoms with van der Waals surface area (Å²) in [5.74, 6) is -0.925. The number of carbonyl (C=O) groups is 1. The van der Waals surface area contributed by atoms with Crippen molar-refractivity contribution in [1.82, 2.24) is 0 Å². The number of hydrogen-bond acceptors (Lipinski definition) is 2. The zero-order valence-corrected chi connectivity index (χ0v) is 7.17. The summed E-state index contributed by atoms with van der Waals surface area (Å²) in [5, 5.41) is 8.64. The molecule has 0 aliphatic rings. The molecule has 3 nitrogen and oxygen atoms in total. The van der Waals surface area contributed by atoms with Crippen molar-refractivity contribution in [3.8, 4) is 0 Å². The van der Waals surface area contributed by atoms with Gasteiger partial charge in [-0.3, -0.25) is 0 Å². The van der Waals surface area contributed by atoms with E-state index in [4.69, 9.17) is 10.8 Å². The smallest absolute Gasteiger partial charge is 0.336 e. The number of rotatable bonds is 2. The molecule has 0 heterocycles. The van der Waals surface area contributed by atoms with E-state index in [2.05, 4.69) is 0 Å². The molecule has 0 atom stereocenters. The number of carboxylic acid groups (broad SMARTS) is 1. The first-order valence-corrected chi connectivity index (χ1v) is 3.27. The summed E-state index contributed by atoms with van der Waals surface area (Å²) in [6.45, 7) is 0.266. The Bertz CT molecular complexity index is 276. The first-order valence-electron chi connectivity index (χ1n) is 3.27. The number of hydrogen-bond donors (Lipinski definition) is 2. The first-order chi connectivity index (χ1) is 5.25. The molecule has 0 saturated heterocycles. The Labute approximate surface area is 76.6 Å². The largest absolute Gasteiger partial charge is 0.478 e. The predicted octanol–water partition coefficient (Wildman–Crippen LogP) is 1.27. The minimum absolute atomic E-state index is 0. The Morgan fingerprint density at radius 3 is 2.42 bits per heavy atom. The molecule has 0 spiro atoms. The fourth-order valence-electron chi connectivity index (χ4n) is 0.907. The van der Waals surface area contributed by atoms with Crippen molar-refractivity contribution in [3.63, 3.8) is 0 Å². The van der Waals surface area contributed by atoms with Gasteiger partial charge in [-0.1, -0.05) is 18.2 Å². The minimum atomic E-state index is -0.925. The Balaban J connectivity index is 0.00000121. The van der Waals surface area contributed by atoms with Gasteiger partial charge in [0.05, 0.1) is 5.56 Å². The van der Waals surface area contributed by atoms with Crippen LogP contribution < -0.4 is 5.73 Å². The third kappa shape index (κ3) is 2.22. The van der Waals surface area contributed by atoms with Crippen LogP contribution >= 0.6 is 12.4 Å². The van der Waals surface area contributed by atoms with Gasteiger partial charge >= 0.3 is 5.97 Å². The van der Waals surface area contributed by atoms with Crippen LogP contribution in [-0.4, -0.2) is 11.1 Å². The number of halogens is 1. The van der Waals surface area contributed by atoms with E-state index in [1.807, 2.05) is 0 Å². The highest BCUT2D eigenvalue weighted by atomic mass is 35.5. The van der Waals surface area contributed by atoms with Gasteiger partial charge in [0.15, 0.2) is 0 Å². The first kappa shape index (κ1) is 10.9. The van der Waals surface area contributed by atoms with Gasteiger partial charge in [-0.25, -0.2) is 4.79 Å². The van der Waals surface area contributed by atoms with Gasteiger partial charge in [-0.2, -0.15) is 0 Å². The minimum Gasteiger partial charge on any atom is -0.478 e. The number of benzene rings is 1. The molecule has 12 heavy (non-hydrogen) atoms. The quantitative estimate of drug-likeness (QED) is 0.733. The second kappa shape index (κ2) is 4.74. The fraction of sp³-hybridized carbons (Fsp3) is 0.125. The van der Waals surface area contributed by atoms with Crippen LogP contribution in [0.2, 0.25) is 0 Å². The molecule has 3 N–H and O–H groups in total. The van der Waals surface area contributed by atoms with Crippen LogP contribution in [0.15, 0.2) is 24.3 Å². The zero-order chi connectivity index (χ0) is 8.27. The molecule has 0 unspecified atom stereocenters. The molecule has 0 aliphatic heterocycles. The van der Waals surface area contributed by atoms with Crippen molar-refractivity contribution in [3.05, 3.63) is 35.4 Å². The lowest BCUT2D eigenvalue weighted by Gasteiger charge is -2.00. The van der Waals surface area contributed by atoms with Crippen LogP contribution in [0.1, 0.15) is 15.9 Å². The van der Waals surface area contributed by atoms with Crippen LogP contribution in [0, 0.1) is 0 Å². The molecule has 0 saturated carbocycles. The van der Waals surface area contributed by atoms with Crippen LogP contribution in [0.4, 0.5) is 0 Å². The predicted molar refractivity (Wildman–Crippen MR) is 48.5 cm³/mol. The molecule has 0 aliphatic carbocycles. The molecule has 0 radical (unpaired) electrons. The van der Waals surface area contributed by atoms with Gasteiger partial charge in [0.2, 0.25) is 0 Å². The highest BCUT2D eigenvalue weighted by molar-refractivity contribution is 5.89. The highest BCUT2D eigenvalue weighted by Crippen LogP contribution is 2.06. The molecule has 0 aromatic heterocycles. The van der Waals surface area contributed by atoms with Crippen molar-refractivity contribution in [2.24, 2.45) is 5.73 Å². The Morgan fingerprint density at radius 2 is 2.00 bits per heavy atom. The van der Waals surface area contributed by atoms with E-state index in [0.29, 0.717) is 5.56 Å². The van der Waals surface area contributed by atoms with E-state index in [0.717, 1.165) is 0 Å². The van der Waals surface area contributed by atoms with Crippen LogP contribution in [0.25, 0.3) is 0 Å². The summed E-state index contributed by atoms with van der Waals surface area (Å²) in [6.07, 6.45) is 0. The maximum Gasteiger partial charge on any atom is 0.336 e. The molecule has 4 heteroatoms. The average Bonchev–Trinajstić information content (AvgIpc) is 2.04. The standard InChI is InChI=1S/C8H9NO2.ClH/c9-5-6-3-1-2-4-7(6)8(10)11;/h1-4H,5,9H2,(H,10,11);1H. The molecular formula is C8H10ClNO2. The van der Waals surface area contributed by atoms with E-state index >= 15 is 0 Å². The fourth-order valence-corrected chi connectivity index (χ4v) is 0.907. The molecular weight excluding hydrogens is 178 g/mol. The normalized spacial score (nSPS) is 8.75. The van der Waals surface area contributed by atoms with E-state index < -0.39 is 5.97 Å². The Morgan fingerprint density at radius 1 is 1.42 bits per heavy atom. The van der Waals surface area contributed by atoms with Gasteiger partial charge < -0.3 is 10.8 Å². The molecule has 0 bridgehead atoms. The lowest BCUT2D eigenvalue weighted by atomic mass is 10.1. The van der Waals surface area contributed by atoms with E-state index in [-0.39, 0.29) is 24.5 Å². The summed E-state index contributed by atoms with van der Waals surface area (Å²) < 4.78 is 0. The topological polar surface area (TPSA) is 63.3 Å². The van der Waals surface area contributed by atoms with Gasteiger partial charge in [0.1, 0.15) is 0 Å². The maximum atomic E-state index is 10.5. The van der Waals surface area contributed by atoms with E-state index in [1.54, 1.807) is 24.3 Å². The molecule has 66 valence electrons. The van der Waals surface area contributed by atoms with Gasteiger partial charge in [-0.05, 0) is 11.6 Å². The Kier molecular flexibility index (Phi) is 4.33. The lowest BCUT2D eigenvalue weighted by Crippen LogP contribution is -2.05. The van der Waals surface area contributed by atoms with Crippen molar-refractivity contribution in [1.29, 1.82) is 0 Å².